The minimum atomic E-state index is 0.00816. The van der Waals surface area contributed by atoms with Crippen LogP contribution in [0.3, 0.4) is 0 Å². The molecule has 0 aliphatic rings. The molecule has 3 rings (SSSR count). The van der Waals surface area contributed by atoms with Crippen molar-refractivity contribution in [2.75, 3.05) is 5.32 Å². The van der Waals surface area contributed by atoms with Crippen LogP contribution in [0.25, 0.3) is 5.52 Å². The summed E-state index contributed by atoms with van der Waals surface area (Å²) in [5, 5.41) is 11.5. The highest BCUT2D eigenvalue weighted by molar-refractivity contribution is 5.68. The lowest BCUT2D eigenvalue weighted by atomic mass is 9.92. The number of hydrogen-bond acceptors (Lipinski definition) is 5. The summed E-state index contributed by atoms with van der Waals surface area (Å²) in [6, 6.07) is 3.89. The van der Waals surface area contributed by atoms with E-state index in [2.05, 4.69) is 47.4 Å². The first kappa shape index (κ1) is 12.7. The molecule has 0 amide bonds. The third-order valence-electron chi connectivity index (χ3n) is 3.08. The van der Waals surface area contributed by atoms with Crippen molar-refractivity contribution in [2.45, 2.75) is 32.7 Å². The first-order valence-electron chi connectivity index (χ1n) is 6.52. The molecule has 0 aliphatic heterocycles. The van der Waals surface area contributed by atoms with Gasteiger partial charge in [-0.05, 0) is 6.07 Å². The lowest BCUT2D eigenvalue weighted by Crippen LogP contribution is -2.11. The zero-order chi connectivity index (χ0) is 14.2. The van der Waals surface area contributed by atoms with E-state index in [1.165, 1.54) is 0 Å². The molecule has 0 bridgehead atoms. The van der Waals surface area contributed by atoms with E-state index in [4.69, 9.17) is 4.52 Å². The Bertz CT molecular complexity index is 709. The standard InChI is InChI=1S/C14H17N5O/c1-14(2,3)12-8-11-13(15-6-7-19(11)18-12)16-9-10-4-5-17-20-10/h4-8H,9H2,1-3H3,(H,15,16). The molecule has 0 unspecified atom stereocenters. The highest BCUT2D eigenvalue weighted by Gasteiger charge is 2.19. The Hall–Kier alpha value is -2.37. The van der Waals surface area contributed by atoms with Gasteiger partial charge in [-0.25, -0.2) is 9.50 Å². The van der Waals surface area contributed by atoms with E-state index in [1.54, 1.807) is 12.4 Å². The Morgan fingerprint density at radius 3 is 2.85 bits per heavy atom. The topological polar surface area (TPSA) is 68.2 Å². The van der Waals surface area contributed by atoms with Crippen LogP contribution in [0.2, 0.25) is 0 Å². The Kier molecular flexibility index (Phi) is 2.93. The van der Waals surface area contributed by atoms with Gasteiger partial charge < -0.3 is 9.84 Å². The van der Waals surface area contributed by atoms with Crippen LogP contribution in [-0.4, -0.2) is 19.8 Å². The fourth-order valence-corrected chi connectivity index (χ4v) is 1.93. The minimum Gasteiger partial charge on any atom is -0.361 e. The zero-order valence-electron chi connectivity index (χ0n) is 11.8. The molecule has 0 saturated heterocycles. The lowest BCUT2D eigenvalue weighted by molar-refractivity contribution is 0.388. The largest absolute Gasteiger partial charge is 0.361 e. The molecule has 6 nitrogen and oxygen atoms in total. The maximum absolute atomic E-state index is 5.06. The average Bonchev–Trinajstić information content (AvgIpc) is 3.04. The van der Waals surface area contributed by atoms with E-state index in [9.17, 15) is 0 Å². The summed E-state index contributed by atoms with van der Waals surface area (Å²) in [5.74, 6) is 1.55. The van der Waals surface area contributed by atoms with Crippen LogP contribution in [0.4, 0.5) is 5.82 Å². The third kappa shape index (κ3) is 2.36. The van der Waals surface area contributed by atoms with Crippen LogP contribution in [0.5, 0.6) is 0 Å². The molecule has 0 spiro atoms. The molecule has 0 fully saturated rings. The van der Waals surface area contributed by atoms with E-state index in [1.807, 2.05) is 16.8 Å². The van der Waals surface area contributed by atoms with Crippen molar-refractivity contribution in [3.05, 3.63) is 42.2 Å². The molecule has 3 aromatic rings. The summed E-state index contributed by atoms with van der Waals surface area (Å²) >= 11 is 0. The van der Waals surface area contributed by atoms with Gasteiger partial charge in [-0.3, -0.25) is 0 Å². The minimum absolute atomic E-state index is 0.00816. The highest BCUT2D eigenvalue weighted by Crippen LogP contribution is 2.24. The molecule has 1 N–H and O–H groups in total. The van der Waals surface area contributed by atoms with Crippen LogP contribution in [-0.2, 0) is 12.0 Å². The third-order valence-corrected chi connectivity index (χ3v) is 3.08. The van der Waals surface area contributed by atoms with Gasteiger partial charge in [0.15, 0.2) is 11.6 Å². The Morgan fingerprint density at radius 1 is 1.30 bits per heavy atom. The first-order valence-corrected chi connectivity index (χ1v) is 6.52. The van der Waals surface area contributed by atoms with E-state index in [0.717, 1.165) is 22.8 Å². The Labute approximate surface area is 116 Å². The predicted octanol–water partition coefficient (Wildman–Crippen LogP) is 2.63. The summed E-state index contributed by atoms with van der Waals surface area (Å²) in [5.41, 5.74) is 2.00. The number of fused-ring (bicyclic) bond motifs is 1. The van der Waals surface area contributed by atoms with Crippen LogP contribution in [0, 0.1) is 0 Å². The van der Waals surface area contributed by atoms with E-state index >= 15 is 0 Å². The molecule has 3 aromatic heterocycles. The fourth-order valence-electron chi connectivity index (χ4n) is 1.93. The number of nitrogens with one attached hydrogen (secondary N) is 1. The number of rotatable bonds is 3. The summed E-state index contributed by atoms with van der Waals surface area (Å²) in [6.07, 6.45) is 5.21. The number of aromatic nitrogens is 4. The van der Waals surface area contributed by atoms with E-state index in [-0.39, 0.29) is 5.41 Å². The number of hydrogen-bond donors (Lipinski definition) is 1. The number of anilines is 1. The highest BCUT2D eigenvalue weighted by atomic mass is 16.5. The summed E-state index contributed by atoms with van der Waals surface area (Å²) < 4.78 is 6.91. The normalized spacial score (nSPS) is 11.9. The van der Waals surface area contributed by atoms with Gasteiger partial charge in [0.05, 0.1) is 18.4 Å². The van der Waals surface area contributed by atoms with Gasteiger partial charge in [-0.2, -0.15) is 5.10 Å². The van der Waals surface area contributed by atoms with Gasteiger partial charge in [0.25, 0.3) is 0 Å². The second-order valence-corrected chi connectivity index (χ2v) is 5.72. The summed E-state index contributed by atoms with van der Waals surface area (Å²) in [6.45, 7) is 6.97. The number of nitrogens with zero attached hydrogens (tertiary/aromatic N) is 4. The second kappa shape index (κ2) is 4.63. The van der Waals surface area contributed by atoms with Gasteiger partial charge in [-0.15, -0.1) is 0 Å². The van der Waals surface area contributed by atoms with Crippen molar-refractivity contribution in [1.29, 1.82) is 0 Å². The molecule has 3 heterocycles. The Balaban J connectivity index is 1.92. The van der Waals surface area contributed by atoms with Gasteiger partial charge >= 0.3 is 0 Å². The zero-order valence-corrected chi connectivity index (χ0v) is 11.8. The summed E-state index contributed by atoms with van der Waals surface area (Å²) in [7, 11) is 0. The van der Waals surface area contributed by atoms with Crippen LogP contribution < -0.4 is 5.32 Å². The summed E-state index contributed by atoms with van der Waals surface area (Å²) in [4.78, 5) is 4.37. The molecule has 0 saturated carbocycles. The molecule has 6 heteroatoms. The van der Waals surface area contributed by atoms with Crippen molar-refractivity contribution in [3.63, 3.8) is 0 Å². The SMILES string of the molecule is CC(C)(C)c1cc2c(NCc3ccno3)nccn2n1. The van der Waals surface area contributed by atoms with Crippen LogP contribution in [0.1, 0.15) is 32.2 Å². The molecule has 0 radical (unpaired) electrons. The van der Waals surface area contributed by atoms with Gasteiger partial charge in [0, 0.05) is 23.9 Å². The lowest BCUT2D eigenvalue weighted by Gasteiger charge is -2.13. The predicted molar refractivity (Wildman–Crippen MR) is 75.5 cm³/mol. The van der Waals surface area contributed by atoms with Crippen molar-refractivity contribution in [1.82, 2.24) is 19.8 Å². The van der Waals surface area contributed by atoms with Crippen molar-refractivity contribution in [3.8, 4) is 0 Å². The second-order valence-electron chi connectivity index (χ2n) is 5.72. The maximum Gasteiger partial charge on any atom is 0.155 e. The van der Waals surface area contributed by atoms with Gasteiger partial charge in [0.1, 0.15) is 5.52 Å². The van der Waals surface area contributed by atoms with Crippen molar-refractivity contribution < 1.29 is 4.52 Å². The molecular weight excluding hydrogens is 254 g/mol. The molecule has 20 heavy (non-hydrogen) atoms. The van der Waals surface area contributed by atoms with Crippen LogP contribution in [0.15, 0.2) is 35.2 Å². The average molecular weight is 271 g/mol. The van der Waals surface area contributed by atoms with Crippen molar-refractivity contribution >= 4 is 11.3 Å². The fraction of sp³-hybridized carbons (Fsp3) is 0.357. The first-order chi connectivity index (χ1) is 9.54. The maximum atomic E-state index is 5.06. The van der Waals surface area contributed by atoms with E-state index in [0.29, 0.717) is 6.54 Å². The monoisotopic (exact) mass is 271 g/mol. The molecule has 0 aliphatic carbocycles. The quantitative estimate of drug-likeness (QED) is 0.793. The Morgan fingerprint density at radius 2 is 2.15 bits per heavy atom. The molecule has 0 aromatic carbocycles. The van der Waals surface area contributed by atoms with Crippen molar-refractivity contribution in [2.24, 2.45) is 0 Å². The van der Waals surface area contributed by atoms with Gasteiger partial charge in [-0.1, -0.05) is 25.9 Å². The van der Waals surface area contributed by atoms with Crippen LogP contribution >= 0.6 is 0 Å². The van der Waals surface area contributed by atoms with E-state index < -0.39 is 0 Å². The molecular formula is C14H17N5O. The smallest absolute Gasteiger partial charge is 0.155 e. The van der Waals surface area contributed by atoms with Gasteiger partial charge in [0.2, 0.25) is 0 Å². The molecule has 0 atom stereocenters. The molecule has 104 valence electrons.